The maximum Gasteiger partial charge on any atom is 0.264 e. The van der Waals surface area contributed by atoms with E-state index in [0.29, 0.717) is 0 Å². The number of carbonyl (C=O) groups is 1. The van der Waals surface area contributed by atoms with Crippen molar-refractivity contribution in [1.29, 1.82) is 5.26 Å². The van der Waals surface area contributed by atoms with E-state index in [4.69, 9.17) is 0 Å². The standard InChI is InChI=1S/C23H27FN4O3S/c1-4-9-28-17(2)14-19(18(28)3)15-20(16-25)23(29)26-10-12-27(13-11-26)32(30,31)22-7-5-21(24)6-8-22/h5-8,14-15H,4,9-13H2,1-3H3. The molecular formula is C23H27FN4O3S. The zero-order valence-electron chi connectivity index (χ0n) is 18.5. The first-order chi connectivity index (χ1) is 15.2. The van der Waals surface area contributed by atoms with Gasteiger partial charge in [-0.1, -0.05) is 6.92 Å². The Labute approximate surface area is 188 Å². The highest BCUT2D eigenvalue weighted by atomic mass is 32.2. The first-order valence-corrected chi connectivity index (χ1v) is 12.0. The molecule has 0 bridgehead atoms. The van der Waals surface area contributed by atoms with Gasteiger partial charge in [0.2, 0.25) is 10.0 Å². The van der Waals surface area contributed by atoms with Crippen LogP contribution in [0.4, 0.5) is 4.39 Å². The van der Waals surface area contributed by atoms with Crippen molar-refractivity contribution < 1.29 is 17.6 Å². The van der Waals surface area contributed by atoms with Gasteiger partial charge in [0.15, 0.2) is 0 Å². The number of aryl methyl sites for hydroxylation is 1. The number of rotatable bonds is 6. The Kier molecular flexibility index (Phi) is 7.16. The third kappa shape index (κ3) is 4.76. The van der Waals surface area contributed by atoms with E-state index in [1.54, 1.807) is 6.08 Å². The van der Waals surface area contributed by atoms with E-state index in [0.717, 1.165) is 42.0 Å². The molecule has 0 aliphatic carbocycles. The zero-order valence-corrected chi connectivity index (χ0v) is 19.3. The lowest BCUT2D eigenvalue weighted by atomic mass is 10.1. The molecule has 0 radical (unpaired) electrons. The van der Waals surface area contributed by atoms with Crippen LogP contribution in [-0.2, 0) is 21.4 Å². The lowest BCUT2D eigenvalue weighted by Crippen LogP contribution is -2.50. The molecule has 170 valence electrons. The third-order valence-electron chi connectivity index (χ3n) is 5.69. The average molecular weight is 459 g/mol. The number of amides is 1. The molecule has 2 heterocycles. The van der Waals surface area contributed by atoms with Gasteiger partial charge in [0.1, 0.15) is 17.5 Å². The highest BCUT2D eigenvalue weighted by molar-refractivity contribution is 7.89. The fourth-order valence-corrected chi connectivity index (χ4v) is 5.32. The van der Waals surface area contributed by atoms with E-state index in [9.17, 15) is 22.9 Å². The number of hydrogen-bond acceptors (Lipinski definition) is 4. The Morgan fingerprint density at radius 1 is 1.16 bits per heavy atom. The summed E-state index contributed by atoms with van der Waals surface area (Å²) in [6, 6.07) is 8.63. The summed E-state index contributed by atoms with van der Waals surface area (Å²) >= 11 is 0. The minimum absolute atomic E-state index is 0.0127. The van der Waals surface area contributed by atoms with Crippen molar-refractivity contribution in [3.8, 4) is 6.07 Å². The smallest absolute Gasteiger partial charge is 0.264 e. The summed E-state index contributed by atoms with van der Waals surface area (Å²) in [4.78, 5) is 14.5. The second-order valence-corrected chi connectivity index (χ2v) is 9.74. The summed E-state index contributed by atoms with van der Waals surface area (Å²) in [5.74, 6) is -0.919. The number of piperazine rings is 1. The van der Waals surface area contributed by atoms with E-state index < -0.39 is 21.7 Å². The van der Waals surface area contributed by atoms with Crippen LogP contribution in [0.3, 0.4) is 0 Å². The number of carbonyl (C=O) groups excluding carboxylic acids is 1. The van der Waals surface area contributed by atoms with Crippen LogP contribution < -0.4 is 0 Å². The lowest BCUT2D eigenvalue weighted by Gasteiger charge is -2.33. The van der Waals surface area contributed by atoms with Crippen LogP contribution in [-0.4, -0.2) is 54.3 Å². The molecule has 2 aromatic rings. The van der Waals surface area contributed by atoms with Crippen molar-refractivity contribution in [2.75, 3.05) is 26.2 Å². The number of hydrogen-bond donors (Lipinski definition) is 0. The summed E-state index contributed by atoms with van der Waals surface area (Å²) in [6.07, 6.45) is 2.59. The van der Waals surface area contributed by atoms with Crippen LogP contribution in [0.5, 0.6) is 0 Å². The Balaban J connectivity index is 1.73. The van der Waals surface area contributed by atoms with Crippen molar-refractivity contribution in [1.82, 2.24) is 13.8 Å². The van der Waals surface area contributed by atoms with Gasteiger partial charge in [-0.2, -0.15) is 9.57 Å². The molecule has 1 aliphatic heterocycles. The Morgan fingerprint density at radius 3 is 2.34 bits per heavy atom. The predicted molar refractivity (Wildman–Crippen MR) is 120 cm³/mol. The Morgan fingerprint density at radius 2 is 1.78 bits per heavy atom. The van der Waals surface area contributed by atoms with E-state index in [1.807, 2.05) is 26.0 Å². The van der Waals surface area contributed by atoms with Gasteiger partial charge in [-0.05, 0) is 62.2 Å². The van der Waals surface area contributed by atoms with Gasteiger partial charge in [0, 0.05) is 44.1 Å². The van der Waals surface area contributed by atoms with Crippen LogP contribution >= 0.6 is 0 Å². The van der Waals surface area contributed by atoms with Gasteiger partial charge in [0.05, 0.1) is 4.90 Å². The molecule has 0 unspecified atom stereocenters. The van der Waals surface area contributed by atoms with Crippen LogP contribution in [0, 0.1) is 31.0 Å². The maximum atomic E-state index is 13.1. The van der Waals surface area contributed by atoms with E-state index in [2.05, 4.69) is 11.5 Å². The molecule has 0 atom stereocenters. The topological polar surface area (TPSA) is 86.4 Å². The summed E-state index contributed by atoms with van der Waals surface area (Å²) in [6.45, 7) is 7.48. The van der Waals surface area contributed by atoms with Gasteiger partial charge in [-0.3, -0.25) is 4.79 Å². The first-order valence-electron chi connectivity index (χ1n) is 10.5. The second kappa shape index (κ2) is 9.67. The molecule has 1 aromatic carbocycles. The van der Waals surface area contributed by atoms with E-state index >= 15 is 0 Å². The van der Waals surface area contributed by atoms with Crippen molar-refractivity contribution in [3.63, 3.8) is 0 Å². The summed E-state index contributed by atoms with van der Waals surface area (Å²) in [5, 5.41) is 9.60. The molecule has 1 aromatic heterocycles. The van der Waals surface area contributed by atoms with Gasteiger partial charge in [-0.25, -0.2) is 12.8 Å². The normalized spacial score (nSPS) is 15.6. The molecule has 7 nitrogen and oxygen atoms in total. The summed E-state index contributed by atoms with van der Waals surface area (Å²) < 4.78 is 42.1. The maximum absolute atomic E-state index is 13.1. The molecular weight excluding hydrogens is 431 g/mol. The van der Waals surface area contributed by atoms with Crippen LogP contribution in [0.25, 0.3) is 6.08 Å². The molecule has 32 heavy (non-hydrogen) atoms. The predicted octanol–water partition coefficient (Wildman–Crippen LogP) is 3.09. The Bertz CT molecular complexity index is 1170. The summed E-state index contributed by atoms with van der Waals surface area (Å²) in [5.41, 5.74) is 2.93. The van der Waals surface area contributed by atoms with E-state index in [1.165, 1.54) is 21.3 Å². The fourth-order valence-electron chi connectivity index (χ4n) is 3.90. The highest BCUT2D eigenvalue weighted by Gasteiger charge is 2.31. The van der Waals surface area contributed by atoms with Crippen molar-refractivity contribution in [2.45, 2.75) is 38.6 Å². The highest BCUT2D eigenvalue weighted by Crippen LogP contribution is 2.21. The molecule has 1 amide bonds. The number of halogens is 1. The van der Waals surface area contributed by atoms with Crippen molar-refractivity contribution in [3.05, 3.63) is 58.7 Å². The van der Waals surface area contributed by atoms with Crippen LogP contribution in [0.2, 0.25) is 0 Å². The fraction of sp³-hybridized carbons (Fsp3) is 0.391. The van der Waals surface area contributed by atoms with Gasteiger partial charge < -0.3 is 9.47 Å². The second-order valence-electron chi connectivity index (χ2n) is 7.80. The largest absolute Gasteiger partial charge is 0.349 e. The number of nitrogens with zero attached hydrogens (tertiary/aromatic N) is 4. The number of aromatic nitrogens is 1. The molecule has 3 rings (SSSR count). The zero-order chi connectivity index (χ0) is 23.5. The van der Waals surface area contributed by atoms with Gasteiger partial charge >= 0.3 is 0 Å². The first kappa shape index (κ1) is 23.7. The molecule has 1 aliphatic rings. The van der Waals surface area contributed by atoms with Gasteiger partial charge in [-0.15, -0.1) is 0 Å². The van der Waals surface area contributed by atoms with Crippen molar-refractivity contribution >= 4 is 22.0 Å². The minimum Gasteiger partial charge on any atom is -0.349 e. The Hall–Kier alpha value is -2.96. The lowest BCUT2D eigenvalue weighted by molar-refractivity contribution is -0.127. The number of benzene rings is 1. The number of nitriles is 1. The minimum atomic E-state index is -3.77. The monoisotopic (exact) mass is 458 g/mol. The van der Waals surface area contributed by atoms with Crippen molar-refractivity contribution in [2.24, 2.45) is 0 Å². The molecule has 1 fully saturated rings. The van der Waals surface area contributed by atoms with Gasteiger partial charge in [0.25, 0.3) is 5.91 Å². The molecule has 0 spiro atoms. The van der Waals surface area contributed by atoms with E-state index in [-0.39, 0.29) is 36.6 Å². The number of sulfonamides is 1. The van der Waals surface area contributed by atoms with Crippen LogP contribution in [0.1, 0.15) is 30.3 Å². The SMILES string of the molecule is CCCn1c(C)cc(C=C(C#N)C(=O)N2CCN(S(=O)(=O)c3ccc(F)cc3)CC2)c1C. The molecule has 0 N–H and O–H groups in total. The van der Waals surface area contributed by atoms with Crippen LogP contribution in [0.15, 0.2) is 40.8 Å². The quantitative estimate of drug-likeness (QED) is 0.492. The average Bonchev–Trinajstić information content (AvgIpc) is 3.05. The summed E-state index contributed by atoms with van der Waals surface area (Å²) in [7, 11) is -3.77. The molecule has 1 saturated heterocycles. The molecule has 9 heteroatoms. The molecule has 0 saturated carbocycles. The third-order valence-corrected chi connectivity index (χ3v) is 7.60.